The van der Waals surface area contributed by atoms with Crippen LogP contribution in [0.25, 0.3) is 10.4 Å². The molecule has 0 saturated carbocycles. The first-order valence-corrected chi connectivity index (χ1v) is 10.9. The molecule has 0 aliphatic carbocycles. The molecule has 1 aliphatic rings. The highest BCUT2D eigenvalue weighted by molar-refractivity contribution is 7.91. The lowest BCUT2D eigenvalue weighted by Gasteiger charge is -2.16. The maximum atomic E-state index is 13.5. The van der Waals surface area contributed by atoms with Gasteiger partial charge in [-0.05, 0) is 47.5 Å². The first kappa shape index (κ1) is 18.6. The summed E-state index contributed by atoms with van der Waals surface area (Å²) in [7, 11) is -2.06. The van der Waals surface area contributed by atoms with Gasteiger partial charge in [0, 0.05) is 17.0 Å². The molecular formula is C20H16FNO4S2. The van der Waals surface area contributed by atoms with Gasteiger partial charge in [-0.1, -0.05) is 12.1 Å². The zero-order valence-electron chi connectivity index (χ0n) is 14.9. The Morgan fingerprint density at radius 3 is 2.82 bits per heavy atom. The Hall–Kier alpha value is -2.71. The average molecular weight is 417 g/mol. The molecule has 1 aromatic heterocycles. The van der Waals surface area contributed by atoms with Gasteiger partial charge >= 0.3 is 0 Å². The lowest BCUT2D eigenvalue weighted by Crippen LogP contribution is -2.21. The first-order valence-electron chi connectivity index (χ1n) is 8.44. The molecule has 0 atom stereocenters. The summed E-state index contributed by atoms with van der Waals surface area (Å²) in [4.78, 5) is 13.7. The molecule has 0 fully saturated rings. The van der Waals surface area contributed by atoms with E-state index in [4.69, 9.17) is 4.74 Å². The highest BCUT2D eigenvalue weighted by atomic mass is 32.2. The molecule has 1 amide bonds. The summed E-state index contributed by atoms with van der Waals surface area (Å²) in [6, 6.07) is 12.7. The van der Waals surface area contributed by atoms with Gasteiger partial charge in [-0.25, -0.2) is 12.8 Å². The lowest BCUT2D eigenvalue weighted by molar-refractivity contribution is 0.0955. The van der Waals surface area contributed by atoms with Crippen LogP contribution in [-0.2, 0) is 22.1 Å². The number of nitrogens with one attached hydrogen (secondary N) is 1. The second kappa shape index (κ2) is 7.03. The van der Waals surface area contributed by atoms with Crippen LogP contribution in [0, 0.1) is 5.82 Å². The van der Waals surface area contributed by atoms with Crippen LogP contribution in [0.1, 0.15) is 20.8 Å². The van der Waals surface area contributed by atoms with Crippen LogP contribution >= 0.6 is 11.3 Å². The van der Waals surface area contributed by atoms with Gasteiger partial charge in [0.05, 0.1) is 22.6 Å². The number of thiophene rings is 1. The van der Waals surface area contributed by atoms with Crippen molar-refractivity contribution >= 4 is 27.1 Å². The number of rotatable bonds is 4. The minimum Gasteiger partial charge on any atom is -0.497 e. The molecule has 5 nitrogen and oxygen atoms in total. The van der Waals surface area contributed by atoms with Crippen LogP contribution in [0.5, 0.6) is 5.75 Å². The molecule has 0 bridgehead atoms. The second-order valence-electron chi connectivity index (χ2n) is 6.40. The smallest absolute Gasteiger partial charge is 0.261 e. The van der Waals surface area contributed by atoms with Gasteiger partial charge in [-0.15, -0.1) is 11.3 Å². The van der Waals surface area contributed by atoms with Crippen molar-refractivity contribution < 1.29 is 22.3 Å². The number of carbonyl (C=O) groups excluding carboxylic acids is 1. The Morgan fingerprint density at radius 1 is 1.21 bits per heavy atom. The number of benzene rings is 2. The molecular weight excluding hydrogens is 401 g/mol. The summed E-state index contributed by atoms with van der Waals surface area (Å²) in [6.07, 6.45) is 0. The number of sulfone groups is 1. The number of halogens is 1. The van der Waals surface area contributed by atoms with Crippen molar-refractivity contribution in [3.8, 4) is 16.2 Å². The third-order valence-corrected chi connectivity index (χ3v) is 7.40. The van der Waals surface area contributed by atoms with E-state index in [0.29, 0.717) is 33.2 Å². The Bertz CT molecular complexity index is 1180. The van der Waals surface area contributed by atoms with E-state index >= 15 is 0 Å². The molecule has 2 heterocycles. The third kappa shape index (κ3) is 3.41. The molecule has 0 spiro atoms. The highest BCUT2D eigenvalue weighted by Crippen LogP contribution is 2.43. The van der Waals surface area contributed by atoms with Crippen LogP contribution in [0.4, 0.5) is 4.39 Å². The summed E-state index contributed by atoms with van der Waals surface area (Å²) < 4.78 is 43.6. The zero-order chi connectivity index (χ0) is 19.9. The maximum absolute atomic E-state index is 13.5. The van der Waals surface area contributed by atoms with E-state index in [9.17, 15) is 17.6 Å². The van der Waals surface area contributed by atoms with Crippen molar-refractivity contribution in [2.24, 2.45) is 0 Å². The van der Waals surface area contributed by atoms with Gasteiger partial charge in [-0.2, -0.15) is 0 Å². The number of methoxy groups -OCH3 is 1. The fourth-order valence-electron chi connectivity index (χ4n) is 3.15. The van der Waals surface area contributed by atoms with Gasteiger partial charge in [-0.3, -0.25) is 4.79 Å². The molecule has 2 aromatic carbocycles. The van der Waals surface area contributed by atoms with E-state index in [2.05, 4.69) is 5.32 Å². The number of ether oxygens (including phenoxy) is 1. The van der Waals surface area contributed by atoms with E-state index in [0.717, 1.165) is 11.6 Å². The van der Waals surface area contributed by atoms with E-state index in [1.165, 1.54) is 23.5 Å². The van der Waals surface area contributed by atoms with Crippen molar-refractivity contribution in [3.63, 3.8) is 0 Å². The number of carbonyl (C=O) groups is 1. The monoisotopic (exact) mass is 417 g/mol. The fraction of sp³-hybridized carbons (Fsp3) is 0.150. The summed E-state index contributed by atoms with van der Waals surface area (Å²) in [5, 5.41) is 2.84. The molecule has 3 aromatic rings. The third-order valence-electron chi connectivity index (χ3n) is 4.49. The molecule has 144 valence electrons. The second-order valence-corrected chi connectivity index (χ2v) is 9.41. The molecule has 0 radical (unpaired) electrons. The number of amides is 1. The predicted octanol–water partition coefficient (Wildman–Crippen LogP) is 3.78. The van der Waals surface area contributed by atoms with Crippen LogP contribution in [0.15, 0.2) is 53.4 Å². The molecule has 1 N–H and O–H groups in total. The van der Waals surface area contributed by atoms with E-state index in [1.54, 1.807) is 13.2 Å². The van der Waals surface area contributed by atoms with E-state index < -0.39 is 15.7 Å². The van der Waals surface area contributed by atoms with Crippen molar-refractivity contribution in [2.75, 3.05) is 7.11 Å². The summed E-state index contributed by atoms with van der Waals surface area (Å²) in [5.74, 6) is -0.424. The van der Waals surface area contributed by atoms with Crippen molar-refractivity contribution in [3.05, 3.63) is 70.4 Å². The van der Waals surface area contributed by atoms with Crippen LogP contribution in [0.2, 0.25) is 0 Å². The Kier molecular flexibility index (Phi) is 4.68. The number of fused-ring (bicyclic) bond motifs is 3. The van der Waals surface area contributed by atoms with Crippen LogP contribution < -0.4 is 10.1 Å². The summed E-state index contributed by atoms with van der Waals surface area (Å²) in [5.41, 5.74) is 1.90. The Labute approximate surface area is 165 Å². The molecule has 1 aliphatic heterocycles. The van der Waals surface area contributed by atoms with Crippen molar-refractivity contribution in [2.45, 2.75) is 17.2 Å². The molecule has 4 rings (SSSR count). The largest absolute Gasteiger partial charge is 0.497 e. The van der Waals surface area contributed by atoms with E-state index in [-0.39, 0.29) is 16.6 Å². The van der Waals surface area contributed by atoms with Gasteiger partial charge in [0.1, 0.15) is 11.6 Å². The van der Waals surface area contributed by atoms with Gasteiger partial charge < -0.3 is 10.1 Å². The SMILES string of the molecule is COc1cccc(CNC(=O)c2cc3c(s2)-c2ccc(F)cc2S(=O)(=O)C3)c1. The quantitative estimate of drug-likeness (QED) is 0.701. The maximum Gasteiger partial charge on any atom is 0.261 e. The van der Waals surface area contributed by atoms with Gasteiger partial charge in [0.2, 0.25) is 0 Å². The fourth-order valence-corrected chi connectivity index (χ4v) is 6.03. The standard InChI is InChI=1S/C20H16FNO4S2/c1-26-15-4-2-3-12(7-15)10-22-20(23)17-8-13-11-28(24,25)18-9-14(21)5-6-16(18)19(13)27-17/h2-9H,10-11H2,1H3,(H,22,23). The number of hydrogen-bond donors (Lipinski definition) is 1. The number of hydrogen-bond acceptors (Lipinski definition) is 5. The summed E-state index contributed by atoms with van der Waals surface area (Å²) >= 11 is 1.21. The van der Waals surface area contributed by atoms with Crippen LogP contribution in [0.3, 0.4) is 0 Å². The van der Waals surface area contributed by atoms with Crippen LogP contribution in [-0.4, -0.2) is 21.4 Å². The van der Waals surface area contributed by atoms with Crippen molar-refractivity contribution in [1.29, 1.82) is 0 Å². The minimum absolute atomic E-state index is 0.0230. The average Bonchev–Trinajstić information content (AvgIpc) is 3.09. The predicted molar refractivity (Wildman–Crippen MR) is 105 cm³/mol. The van der Waals surface area contributed by atoms with Gasteiger partial charge in [0.15, 0.2) is 9.84 Å². The lowest BCUT2D eigenvalue weighted by atomic mass is 10.1. The Balaban J connectivity index is 1.60. The molecule has 0 saturated heterocycles. The molecule has 0 unspecified atom stereocenters. The molecule has 8 heteroatoms. The molecule has 28 heavy (non-hydrogen) atoms. The zero-order valence-corrected chi connectivity index (χ0v) is 16.5. The normalized spacial score (nSPS) is 14.1. The summed E-state index contributed by atoms with van der Waals surface area (Å²) in [6.45, 7) is 0.318. The van der Waals surface area contributed by atoms with Gasteiger partial charge in [0.25, 0.3) is 5.91 Å². The Morgan fingerprint density at radius 2 is 2.04 bits per heavy atom. The van der Waals surface area contributed by atoms with E-state index in [1.807, 2.05) is 24.3 Å². The topological polar surface area (TPSA) is 72.5 Å². The van der Waals surface area contributed by atoms with Crippen molar-refractivity contribution in [1.82, 2.24) is 5.32 Å². The minimum atomic E-state index is -3.63. The highest BCUT2D eigenvalue weighted by Gasteiger charge is 2.31. The first-order chi connectivity index (χ1) is 13.4.